The number of allylic oxidation sites excluding steroid dienone is 1. The first-order chi connectivity index (χ1) is 31.1. The summed E-state index contributed by atoms with van der Waals surface area (Å²) in [6.07, 6.45) is 33.3. The second-order valence-electron chi connectivity index (χ2n) is 18.5. The van der Waals surface area contributed by atoms with Crippen molar-refractivity contribution in [2.75, 3.05) is 40.3 Å². The predicted octanol–water partition coefficient (Wildman–Crippen LogP) is 12.7. The Morgan fingerprint density at radius 3 is 1.84 bits per heavy atom. The maximum absolute atomic E-state index is 13.6. The van der Waals surface area contributed by atoms with Crippen LogP contribution in [0.2, 0.25) is 0 Å². The Hall–Kier alpha value is -3.05. The maximum atomic E-state index is 13.6. The molecule has 1 aliphatic heterocycles. The zero-order valence-corrected chi connectivity index (χ0v) is 42.2. The number of nitrogens with one attached hydrogen (secondary N) is 1. The number of fused-ring (bicyclic) bond motifs is 1. The molecule has 1 aliphatic rings. The Bertz CT molecular complexity index is 1470. The number of carbonyl (C=O) groups excluding carboxylic acids is 5. The second-order valence-corrected chi connectivity index (χ2v) is 19.6. The molecule has 1 aromatic rings. The minimum atomic E-state index is -0.198. The van der Waals surface area contributed by atoms with E-state index in [1.54, 1.807) is 12.2 Å². The van der Waals surface area contributed by atoms with Crippen molar-refractivity contribution < 1.29 is 33.4 Å². The highest BCUT2D eigenvalue weighted by Gasteiger charge is 2.29. The monoisotopic (exact) mass is 914 g/mol. The van der Waals surface area contributed by atoms with Crippen LogP contribution in [0.25, 0.3) is 6.08 Å². The molecule has 0 radical (unpaired) electrons. The molecule has 0 bridgehead atoms. The van der Waals surface area contributed by atoms with Crippen molar-refractivity contribution in [3.63, 3.8) is 0 Å². The number of ketones is 1. The molecule has 0 aromatic carbocycles. The van der Waals surface area contributed by atoms with E-state index >= 15 is 0 Å². The van der Waals surface area contributed by atoms with Gasteiger partial charge < -0.3 is 24.6 Å². The summed E-state index contributed by atoms with van der Waals surface area (Å²) in [5.74, 6) is -0.486. The molecule has 1 atom stereocenters. The second kappa shape index (κ2) is 37.1. The fraction of sp³-hybridized carbons (Fsp3) is 0.792. The van der Waals surface area contributed by atoms with E-state index in [9.17, 15) is 24.0 Å². The minimum Gasteiger partial charge on any atom is -0.466 e. The van der Waals surface area contributed by atoms with Gasteiger partial charge in [-0.15, -0.1) is 11.3 Å². The first kappa shape index (κ1) is 57.1. The zero-order valence-electron chi connectivity index (χ0n) is 41.3. The van der Waals surface area contributed by atoms with Crippen LogP contribution in [0, 0.1) is 0 Å². The largest absolute Gasteiger partial charge is 0.466 e. The average Bonchev–Trinajstić information content (AvgIpc) is 3.65. The SMILES string of the molecule is CCCCCCCCCCCOC(=O)CCCCC(=O)/C=C\c1sc2c(c1C(=O)NCCCN(C)C)CCN(C(=O)CCCCC(=O)OC(CCCCCC)CCCCCCCC)C2. The predicted molar refractivity (Wildman–Crippen MR) is 265 cm³/mol. The van der Waals surface area contributed by atoms with Gasteiger partial charge in [0, 0.05) is 48.5 Å². The van der Waals surface area contributed by atoms with Crippen molar-refractivity contribution in [1.29, 1.82) is 0 Å². The molecule has 1 aromatic heterocycles. The summed E-state index contributed by atoms with van der Waals surface area (Å²) in [7, 11) is 4.01. The van der Waals surface area contributed by atoms with E-state index in [1.807, 2.05) is 19.0 Å². The Morgan fingerprint density at radius 2 is 1.22 bits per heavy atom. The van der Waals surface area contributed by atoms with Gasteiger partial charge in [-0.1, -0.05) is 124 Å². The van der Waals surface area contributed by atoms with Gasteiger partial charge in [-0.05, 0) is 109 Å². The lowest BCUT2D eigenvalue weighted by Crippen LogP contribution is -2.36. The number of carbonyl (C=O) groups is 5. The number of hydrogen-bond donors (Lipinski definition) is 1. The molecule has 366 valence electrons. The van der Waals surface area contributed by atoms with Crippen LogP contribution in [0.5, 0.6) is 0 Å². The molecule has 0 fully saturated rings. The fourth-order valence-electron chi connectivity index (χ4n) is 8.34. The van der Waals surface area contributed by atoms with E-state index in [4.69, 9.17) is 9.47 Å². The summed E-state index contributed by atoms with van der Waals surface area (Å²) in [4.78, 5) is 70.8. The molecule has 2 heterocycles. The third-order valence-electron chi connectivity index (χ3n) is 12.3. The molecule has 1 N–H and O–H groups in total. The Balaban J connectivity index is 1.87. The van der Waals surface area contributed by atoms with Crippen LogP contribution in [0.1, 0.15) is 239 Å². The van der Waals surface area contributed by atoms with E-state index in [-0.39, 0.29) is 35.6 Å². The van der Waals surface area contributed by atoms with Gasteiger partial charge in [0.15, 0.2) is 5.78 Å². The number of ether oxygens (including phenoxy) is 2. The molecule has 10 nitrogen and oxygen atoms in total. The number of rotatable bonds is 40. The van der Waals surface area contributed by atoms with Crippen molar-refractivity contribution in [2.24, 2.45) is 0 Å². The topological polar surface area (TPSA) is 122 Å². The van der Waals surface area contributed by atoms with Gasteiger partial charge in [-0.3, -0.25) is 24.0 Å². The Labute approximate surface area is 393 Å². The van der Waals surface area contributed by atoms with E-state index < -0.39 is 0 Å². The van der Waals surface area contributed by atoms with Crippen LogP contribution < -0.4 is 5.32 Å². The van der Waals surface area contributed by atoms with Gasteiger partial charge in [0.1, 0.15) is 6.10 Å². The van der Waals surface area contributed by atoms with Crippen molar-refractivity contribution in [3.8, 4) is 0 Å². The summed E-state index contributed by atoms with van der Waals surface area (Å²) in [5, 5.41) is 3.09. The van der Waals surface area contributed by atoms with E-state index in [0.29, 0.717) is 89.6 Å². The molecule has 0 saturated carbocycles. The lowest BCUT2D eigenvalue weighted by atomic mass is 10.00. The van der Waals surface area contributed by atoms with Crippen molar-refractivity contribution >= 4 is 46.9 Å². The lowest BCUT2D eigenvalue weighted by Gasteiger charge is -2.27. The maximum Gasteiger partial charge on any atom is 0.306 e. The van der Waals surface area contributed by atoms with E-state index in [2.05, 4.69) is 31.0 Å². The van der Waals surface area contributed by atoms with Crippen LogP contribution >= 0.6 is 11.3 Å². The number of unbranched alkanes of at least 4 members (excludes halogenated alkanes) is 18. The molecule has 2 rings (SSSR count). The molecule has 2 amide bonds. The molecule has 0 spiro atoms. The minimum absolute atomic E-state index is 0.00495. The molecule has 64 heavy (non-hydrogen) atoms. The smallest absolute Gasteiger partial charge is 0.306 e. The van der Waals surface area contributed by atoms with Gasteiger partial charge in [0.2, 0.25) is 5.91 Å². The zero-order chi connectivity index (χ0) is 46.6. The summed E-state index contributed by atoms with van der Waals surface area (Å²) in [6.45, 7) is 9.50. The van der Waals surface area contributed by atoms with Crippen LogP contribution in [-0.4, -0.2) is 85.8 Å². The highest BCUT2D eigenvalue weighted by Crippen LogP contribution is 2.35. The quantitative estimate of drug-likeness (QED) is 0.0392. The summed E-state index contributed by atoms with van der Waals surface area (Å²) in [6, 6.07) is 0. The number of nitrogens with zero attached hydrogens (tertiary/aromatic N) is 2. The number of esters is 2. The Morgan fingerprint density at radius 1 is 0.672 bits per heavy atom. The van der Waals surface area contributed by atoms with Gasteiger partial charge in [0.25, 0.3) is 5.91 Å². The Kier molecular flexibility index (Phi) is 33.1. The molecule has 1 unspecified atom stereocenters. The van der Waals surface area contributed by atoms with E-state index in [1.165, 1.54) is 108 Å². The highest BCUT2D eigenvalue weighted by molar-refractivity contribution is 7.13. The van der Waals surface area contributed by atoms with Crippen LogP contribution in [0.4, 0.5) is 0 Å². The average molecular weight is 914 g/mol. The summed E-state index contributed by atoms with van der Waals surface area (Å²) < 4.78 is 11.4. The van der Waals surface area contributed by atoms with Crippen molar-refractivity contribution in [3.05, 3.63) is 27.0 Å². The van der Waals surface area contributed by atoms with Crippen molar-refractivity contribution in [2.45, 2.75) is 232 Å². The van der Waals surface area contributed by atoms with Crippen molar-refractivity contribution in [1.82, 2.24) is 15.1 Å². The molecular formula is C53H91N3O7S. The third-order valence-corrected chi connectivity index (χ3v) is 13.5. The van der Waals surface area contributed by atoms with Crippen LogP contribution in [0.15, 0.2) is 6.08 Å². The molecule has 0 aliphatic carbocycles. The number of hydrogen-bond acceptors (Lipinski definition) is 9. The molecule has 11 heteroatoms. The third kappa shape index (κ3) is 26.8. The van der Waals surface area contributed by atoms with Gasteiger partial charge in [0.05, 0.1) is 18.7 Å². The number of amides is 2. The fourth-order valence-corrected chi connectivity index (χ4v) is 9.61. The molecule has 0 saturated heterocycles. The summed E-state index contributed by atoms with van der Waals surface area (Å²) >= 11 is 1.48. The summed E-state index contributed by atoms with van der Waals surface area (Å²) in [5.41, 5.74) is 1.56. The van der Waals surface area contributed by atoms with Gasteiger partial charge in [-0.2, -0.15) is 0 Å². The standard InChI is InChI=1S/C53H91N3O7S/c1-6-9-12-15-17-18-19-21-28-42-62-50(59)34-26-24-30-44(57)36-37-47-52(53(61)54-39-29-40-55(4)5)46-38-41-56(43-48(46)64-47)49(58)33-25-27-35-51(60)63-45(31-22-14-11-8-3)32-23-20-16-13-10-7-2/h36-37,45H,6-35,38-43H2,1-5H3,(H,54,61)/b37-36-. The van der Waals surface area contributed by atoms with Crippen LogP contribution in [0.3, 0.4) is 0 Å². The van der Waals surface area contributed by atoms with Gasteiger partial charge >= 0.3 is 11.9 Å². The highest BCUT2D eigenvalue weighted by atomic mass is 32.1. The lowest BCUT2D eigenvalue weighted by molar-refractivity contribution is -0.150. The first-order valence-electron chi connectivity index (χ1n) is 26.0. The van der Waals surface area contributed by atoms with E-state index in [0.717, 1.165) is 66.8 Å². The first-order valence-corrected chi connectivity index (χ1v) is 26.8. The van der Waals surface area contributed by atoms with Gasteiger partial charge in [-0.25, -0.2) is 0 Å². The van der Waals surface area contributed by atoms with Crippen LogP contribution in [-0.2, 0) is 41.6 Å². The molecular weight excluding hydrogens is 823 g/mol. The number of thiophene rings is 1. The normalized spacial score (nSPS) is 13.1.